The molecule has 1 aliphatic carbocycles. The molecule has 1 fully saturated rings. The quantitative estimate of drug-likeness (QED) is 0.671. The van der Waals surface area contributed by atoms with Gasteiger partial charge in [0, 0.05) is 25.2 Å². The Labute approximate surface area is 138 Å². The summed E-state index contributed by atoms with van der Waals surface area (Å²) >= 11 is 0. The van der Waals surface area contributed by atoms with Crippen LogP contribution in [0.15, 0.2) is 30.3 Å². The Kier molecular flexibility index (Phi) is 5.09. The van der Waals surface area contributed by atoms with Crippen LogP contribution in [0.2, 0.25) is 0 Å². The maximum atomic E-state index is 12.3. The van der Waals surface area contributed by atoms with Crippen molar-refractivity contribution < 1.29 is 9.59 Å². The van der Waals surface area contributed by atoms with Gasteiger partial charge in [-0.25, -0.2) is 0 Å². The molecule has 2 amide bonds. The summed E-state index contributed by atoms with van der Waals surface area (Å²) in [6.07, 6.45) is 1.26. The summed E-state index contributed by atoms with van der Waals surface area (Å²) in [5.41, 5.74) is 0.0930. The third-order valence-corrected chi connectivity index (χ3v) is 4.44. The lowest BCUT2D eigenvalue weighted by Crippen LogP contribution is -2.52. The standard InChI is InChI=1S/C18H27N3O2/c1-13(14-8-6-5-7-9-14)21-17(2,3)12-20-16(23)18(10-11-18)15(22)19-4/h5-9,13,21H,10-12H2,1-4H3,(H,19,22)(H,20,23)/t13-/m1/s1. The lowest BCUT2D eigenvalue weighted by atomic mass is 9.99. The van der Waals surface area contributed by atoms with Crippen molar-refractivity contribution in [3.8, 4) is 0 Å². The van der Waals surface area contributed by atoms with Crippen LogP contribution in [-0.2, 0) is 9.59 Å². The summed E-state index contributed by atoms with van der Waals surface area (Å²) in [5, 5.41) is 9.05. The van der Waals surface area contributed by atoms with Crippen molar-refractivity contribution in [1.82, 2.24) is 16.0 Å². The molecule has 0 aromatic heterocycles. The zero-order valence-corrected chi connectivity index (χ0v) is 14.4. The van der Waals surface area contributed by atoms with Crippen LogP contribution in [-0.4, -0.2) is 30.9 Å². The van der Waals surface area contributed by atoms with Gasteiger partial charge in [-0.1, -0.05) is 30.3 Å². The zero-order chi connectivity index (χ0) is 17.1. The van der Waals surface area contributed by atoms with E-state index < -0.39 is 5.41 Å². The monoisotopic (exact) mass is 317 g/mol. The van der Waals surface area contributed by atoms with Crippen molar-refractivity contribution in [2.45, 2.75) is 45.2 Å². The van der Waals surface area contributed by atoms with E-state index in [1.807, 2.05) is 32.0 Å². The van der Waals surface area contributed by atoms with Crippen LogP contribution in [0.4, 0.5) is 0 Å². The minimum Gasteiger partial charge on any atom is -0.358 e. The summed E-state index contributed by atoms with van der Waals surface area (Å²) in [5.74, 6) is -0.350. The Balaban J connectivity index is 1.89. The van der Waals surface area contributed by atoms with Gasteiger partial charge < -0.3 is 16.0 Å². The second-order valence-electron chi connectivity index (χ2n) is 7.00. The highest BCUT2D eigenvalue weighted by Crippen LogP contribution is 2.46. The third-order valence-electron chi connectivity index (χ3n) is 4.44. The molecule has 23 heavy (non-hydrogen) atoms. The van der Waals surface area contributed by atoms with Crippen LogP contribution < -0.4 is 16.0 Å². The molecule has 0 bridgehead atoms. The SMILES string of the molecule is CNC(=O)C1(C(=O)NCC(C)(C)N[C@H](C)c2ccccc2)CC1. The molecule has 1 aromatic rings. The average Bonchev–Trinajstić information content (AvgIpc) is 3.34. The molecule has 0 saturated heterocycles. The fraction of sp³-hybridized carbons (Fsp3) is 0.556. The first kappa shape index (κ1) is 17.5. The van der Waals surface area contributed by atoms with E-state index >= 15 is 0 Å². The van der Waals surface area contributed by atoms with Crippen LogP contribution in [0.1, 0.15) is 45.2 Å². The van der Waals surface area contributed by atoms with Gasteiger partial charge in [-0.2, -0.15) is 0 Å². The summed E-state index contributed by atoms with van der Waals surface area (Å²) in [6.45, 7) is 6.67. The van der Waals surface area contributed by atoms with Crippen molar-refractivity contribution in [3.05, 3.63) is 35.9 Å². The van der Waals surface area contributed by atoms with Gasteiger partial charge >= 0.3 is 0 Å². The Morgan fingerprint density at radius 3 is 2.30 bits per heavy atom. The highest BCUT2D eigenvalue weighted by atomic mass is 16.2. The molecule has 1 atom stereocenters. The predicted octanol–water partition coefficient (Wildman–Crippen LogP) is 1.76. The number of benzene rings is 1. The second kappa shape index (κ2) is 6.71. The molecule has 1 aliphatic rings. The van der Waals surface area contributed by atoms with E-state index in [2.05, 4.69) is 35.0 Å². The molecule has 5 nitrogen and oxygen atoms in total. The molecule has 5 heteroatoms. The molecule has 126 valence electrons. The van der Waals surface area contributed by atoms with Crippen LogP contribution in [0.3, 0.4) is 0 Å². The van der Waals surface area contributed by atoms with Crippen LogP contribution in [0, 0.1) is 5.41 Å². The lowest BCUT2D eigenvalue weighted by Gasteiger charge is -2.31. The van der Waals surface area contributed by atoms with E-state index in [1.165, 1.54) is 5.56 Å². The van der Waals surface area contributed by atoms with Crippen molar-refractivity contribution >= 4 is 11.8 Å². The first-order chi connectivity index (χ1) is 10.8. The van der Waals surface area contributed by atoms with Gasteiger partial charge in [0.2, 0.25) is 11.8 Å². The zero-order valence-electron chi connectivity index (χ0n) is 14.4. The molecule has 0 spiro atoms. The van der Waals surface area contributed by atoms with Gasteiger partial charge in [-0.3, -0.25) is 9.59 Å². The van der Waals surface area contributed by atoms with Crippen LogP contribution >= 0.6 is 0 Å². The average molecular weight is 317 g/mol. The molecule has 3 N–H and O–H groups in total. The summed E-state index contributed by atoms with van der Waals surface area (Å²) in [4.78, 5) is 24.2. The van der Waals surface area contributed by atoms with Crippen molar-refractivity contribution in [1.29, 1.82) is 0 Å². The number of carbonyl (C=O) groups excluding carboxylic acids is 2. The van der Waals surface area contributed by atoms with Crippen molar-refractivity contribution in [3.63, 3.8) is 0 Å². The van der Waals surface area contributed by atoms with Gasteiger partial charge in [-0.15, -0.1) is 0 Å². The lowest BCUT2D eigenvalue weighted by molar-refractivity contribution is -0.137. The molecule has 0 unspecified atom stereocenters. The van der Waals surface area contributed by atoms with Crippen LogP contribution in [0.5, 0.6) is 0 Å². The minimum atomic E-state index is -0.837. The first-order valence-corrected chi connectivity index (χ1v) is 8.14. The first-order valence-electron chi connectivity index (χ1n) is 8.14. The van der Waals surface area contributed by atoms with Gasteiger partial charge in [0.25, 0.3) is 0 Å². The Bertz CT molecular complexity index is 565. The number of rotatable bonds is 7. The fourth-order valence-corrected chi connectivity index (χ4v) is 2.85. The maximum absolute atomic E-state index is 12.3. The number of amides is 2. The van der Waals surface area contributed by atoms with Crippen molar-refractivity contribution in [2.75, 3.05) is 13.6 Å². The maximum Gasteiger partial charge on any atom is 0.235 e. The van der Waals surface area contributed by atoms with Crippen LogP contribution in [0.25, 0.3) is 0 Å². The van der Waals surface area contributed by atoms with Crippen molar-refractivity contribution in [2.24, 2.45) is 5.41 Å². The molecular formula is C18H27N3O2. The van der Waals surface area contributed by atoms with Gasteiger partial charge in [-0.05, 0) is 39.2 Å². The van der Waals surface area contributed by atoms with E-state index in [-0.39, 0.29) is 23.4 Å². The molecule has 1 aromatic carbocycles. The number of nitrogens with one attached hydrogen (secondary N) is 3. The molecule has 0 radical (unpaired) electrons. The van der Waals surface area contributed by atoms with E-state index in [4.69, 9.17) is 0 Å². The molecular weight excluding hydrogens is 290 g/mol. The summed E-state index contributed by atoms with van der Waals surface area (Å²) in [7, 11) is 1.57. The molecule has 0 heterocycles. The van der Waals surface area contributed by atoms with Gasteiger partial charge in [0.15, 0.2) is 0 Å². The van der Waals surface area contributed by atoms with E-state index in [0.717, 1.165) is 0 Å². The van der Waals surface area contributed by atoms with E-state index in [1.54, 1.807) is 7.05 Å². The highest BCUT2D eigenvalue weighted by Gasteiger charge is 2.56. The Hall–Kier alpha value is -1.88. The number of hydrogen-bond donors (Lipinski definition) is 3. The Morgan fingerprint density at radius 2 is 1.78 bits per heavy atom. The third kappa shape index (κ3) is 4.10. The number of carbonyl (C=O) groups is 2. The van der Waals surface area contributed by atoms with E-state index in [9.17, 15) is 9.59 Å². The summed E-state index contributed by atoms with van der Waals surface area (Å²) in [6, 6.07) is 10.4. The highest BCUT2D eigenvalue weighted by molar-refractivity contribution is 6.07. The minimum absolute atomic E-state index is 0.168. The van der Waals surface area contributed by atoms with Gasteiger partial charge in [0.05, 0.1) is 0 Å². The normalized spacial score (nSPS) is 17.2. The summed E-state index contributed by atoms with van der Waals surface area (Å²) < 4.78 is 0. The number of hydrogen-bond acceptors (Lipinski definition) is 3. The Morgan fingerprint density at radius 1 is 1.17 bits per heavy atom. The predicted molar refractivity (Wildman–Crippen MR) is 90.8 cm³/mol. The largest absolute Gasteiger partial charge is 0.358 e. The molecule has 0 aliphatic heterocycles. The second-order valence-corrected chi connectivity index (χ2v) is 7.00. The fourth-order valence-electron chi connectivity index (χ4n) is 2.85. The van der Waals surface area contributed by atoms with Gasteiger partial charge in [0.1, 0.15) is 5.41 Å². The van der Waals surface area contributed by atoms with E-state index in [0.29, 0.717) is 19.4 Å². The molecule has 1 saturated carbocycles. The molecule has 2 rings (SSSR count). The smallest absolute Gasteiger partial charge is 0.235 e. The topological polar surface area (TPSA) is 70.2 Å².